The van der Waals surface area contributed by atoms with Crippen LogP contribution in [0, 0.1) is 5.41 Å². The quantitative estimate of drug-likeness (QED) is 0.843. The predicted octanol–water partition coefficient (Wildman–Crippen LogP) is 4.16. The SMILES string of the molecule is COc1ccc2c(CCC(C)(C)C)c[nH]c2c1. The Labute approximate surface area is 103 Å². The fraction of sp³-hybridized carbons (Fsp3) is 0.467. The first kappa shape index (κ1) is 12.0. The first-order valence-electron chi connectivity index (χ1n) is 6.13. The second-order valence-corrected chi connectivity index (χ2v) is 5.79. The Morgan fingerprint density at radius 1 is 1.24 bits per heavy atom. The third kappa shape index (κ3) is 2.82. The van der Waals surface area contributed by atoms with Gasteiger partial charge in [0.05, 0.1) is 7.11 Å². The molecule has 0 bridgehead atoms. The van der Waals surface area contributed by atoms with Gasteiger partial charge in [-0.3, -0.25) is 0 Å². The Bertz CT molecular complexity index is 505. The number of methoxy groups -OCH3 is 1. The van der Waals surface area contributed by atoms with Crippen molar-refractivity contribution >= 4 is 10.9 Å². The van der Waals surface area contributed by atoms with Gasteiger partial charge >= 0.3 is 0 Å². The zero-order valence-electron chi connectivity index (χ0n) is 11.1. The number of benzene rings is 1. The van der Waals surface area contributed by atoms with Gasteiger partial charge in [-0.2, -0.15) is 0 Å². The van der Waals surface area contributed by atoms with Crippen LogP contribution in [0.25, 0.3) is 10.9 Å². The summed E-state index contributed by atoms with van der Waals surface area (Å²) in [5, 5.41) is 1.31. The van der Waals surface area contributed by atoms with E-state index in [1.54, 1.807) is 7.11 Å². The first-order chi connectivity index (χ1) is 7.99. The standard InChI is InChI=1S/C15H21NO/c1-15(2,3)8-7-11-10-16-14-9-12(17-4)5-6-13(11)14/h5-6,9-10,16H,7-8H2,1-4H3. The Kier molecular flexibility index (Phi) is 3.14. The molecule has 92 valence electrons. The van der Waals surface area contributed by atoms with E-state index in [0.717, 1.165) is 17.7 Å². The van der Waals surface area contributed by atoms with Crippen LogP contribution < -0.4 is 4.74 Å². The molecular formula is C15H21NO. The average Bonchev–Trinajstić information content (AvgIpc) is 2.67. The lowest BCUT2D eigenvalue weighted by atomic mass is 9.88. The third-order valence-corrected chi connectivity index (χ3v) is 3.12. The second-order valence-electron chi connectivity index (χ2n) is 5.79. The number of hydrogen-bond donors (Lipinski definition) is 1. The van der Waals surface area contributed by atoms with Crippen LogP contribution in [-0.2, 0) is 6.42 Å². The number of nitrogens with one attached hydrogen (secondary N) is 1. The Hall–Kier alpha value is -1.44. The van der Waals surface area contributed by atoms with E-state index >= 15 is 0 Å². The van der Waals surface area contributed by atoms with E-state index in [4.69, 9.17) is 4.74 Å². The summed E-state index contributed by atoms with van der Waals surface area (Å²) >= 11 is 0. The number of rotatable bonds is 3. The number of aromatic amines is 1. The highest BCUT2D eigenvalue weighted by Crippen LogP contribution is 2.27. The normalized spacial score (nSPS) is 12.0. The van der Waals surface area contributed by atoms with Gasteiger partial charge in [0.1, 0.15) is 5.75 Å². The summed E-state index contributed by atoms with van der Waals surface area (Å²) < 4.78 is 5.23. The molecule has 2 nitrogen and oxygen atoms in total. The van der Waals surface area contributed by atoms with Crippen LogP contribution in [0.5, 0.6) is 5.75 Å². The molecule has 0 radical (unpaired) electrons. The fourth-order valence-electron chi connectivity index (χ4n) is 2.01. The van der Waals surface area contributed by atoms with Crippen LogP contribution in [0.3, 0.4) is 0 Å². The number of aryl methyl sites for hydroxylation is 1. The molecule has 1 N–H and O–H groups in total. The van der Waals surface area contributed by atoms with Crippen molar-refractivity contribution in [2.24, 2.45) is 5.41 Å². The Balaban J connectivity index is 2.24. The van der Waals surface area contributed by atoms with Crippen molar-refractivity contribution in [3.63, 3.8) is 0 Å². The van der Waals surface area contributed by atoms with Crippen molar-refractivity contribution in [3.05, 3.63) is 30.0 Å². The molecule has 0 aliphatic carbocycles. The Morgan fingerprint density at radius 3 is 2.65 bits per heavy atom. The van der Waals surface area contributed by atoms with Crippen LogP contribution in [0.4, 0.5) is 0 Å². The zero-order valence-corrected chi connectivity index (χ0v) is 11.1. The van der Waals surface area contributed by atoms with Crippen molar-refractivity contribution in [1.82, 2.24) is 4.98 Å². The monoisotopic (exact) mass is 231 g/mol. The molecule has 0 saturated carbocycles. The summed E-state index contributed by atoms with van der Waals surface area (Å²) in [6.07, 6.45) is 4.44. The van der Waals surface area contributed by atoms with E-state index in [1.165, 1.54) is 17.4 Å². The van der Waals surface area contributed by atoms with E-state index in [-0.39, 0.29) is 0 Å². The molecule has 1 aromatic heterocycles. The molecule has 0 spiro atoms. The maximum Gasteiger partial charge on any atom is 0.120 e. The summed E-state index contributed by atoms with van der Waals surface area (Å²) in [6, 6.07) is 6.22. The largest absolute Gasteiger partial charge is 0.497 e. The van der Waals surface area contributed by atoms with Gasteiger partial charge in [0, 0.05) is 23.2 Å². The van der Waals surface area contributed by atoms with Crippen molar-refractivity contribution in [1.29, 1.82) is 0 Å². The van der Waals surface area contributed by atoms with E-state index < -0.39 is 0 Å². The van der Waals surface area contributed by atoms with Gasteiger partial charge in [-0.25, -0.2) is 0 Å². The summed E-state index contributed by atoms with van der Waals surface area (Å²) in [6.45, 7) is 6.85. The lowest BCUT2D eigenvalue weighted by molar-refractivity contribution is 0.378. The minimum Gasteiger partial charge on any atom is -0.497 e. The summed E-state index contributed by atoms with van der Waals surface area (Å²) in [4.78, 5) is 3.32. The molecule has 0 unspecified atom stereocenters. The number of H-pyrrole nitrogens is 1. The number of aromatic nitrogens is 1. The van der Waals surface area contributed by atoms with Crippen LogP contribution in [-0.4, -0.2) is 12.1 Å². The minimum absolute atomic E-state index is 0.385. The van der Waals surface area contributed by atoms with Crippen LogP contribution in [0.2, 0.25) is 0 Å². The summed E-state index contributed by atoms with van der Waals surface area (Å²) in [5.41, 5.74) is 2.95. The topological polar surface area (TPSA) is 25.0 Å². The molecule has 0 saturated heterocycles. The van der Waals surface area contributed by atoms with Gasteiger partial charge in [-0.05, 0) is 36.0 Å². The third-order valence-electron chi connectivity index (χ3n) is 3.12. The molecule has 17 heavy (non-hydrogen) atoms. The van der Waals surface area contributed by atoms with E-state index in [1.807, 2.05) is 6.07 Å². The maximum absolute atomic E-state index is 5.23. The maximum atomic E-state index is 5.23. The lowest BCUT2D eigenvalue weighted by Gasteiger charge is -2.17. The van der Waals surface area contributed by atoms with Crippen LogP contribution in [0.1, 0.15) is 32.8 Å². The number of fused-ring (bicyclic) bond motifs is 1. The average molecular weight is 231 g/mol. The summed E-state index contributed by atoms with van der Waals surface area (Å²) in [5.74, 6) is 0.904. The van der Waals surface area contributed by atoms with Crippen molar-refractivity contribution in [3.8, 4) is 5.75 Å². The van der Waals surface area contributed by atoms with Gasteiger partial charge < -0.3 is 9.72 Å². The molecule has 2 rings (SSSR count). The highest BCUT2D eigenvalue weighted by molar-refractivity contribution is 5.84. The van der Waals surface area contributed by atoms with Crippen molar-refractivity contribution in [2.75, 3.05) is 7.11 Å². The highest BCUT2D eigenvalue weighted by atomic mass is 16.5. The minimum atomic E-state index is 0.385. The molecular weight excluding hydrogens is 210 g/mol. The molecule has 0 fully saturated rings. The van der Waals surface area contributed by atoms with Gasteiger partial charge in [0.25, 0.3) is 0 Å². The second kappa shape index (κ2) is 4.44. The zero-order chi connectivity index (χ0) is 12.5. The molecule has 2 aromatic rings. The van der Waals surface area contributed by atoms with E-state index in [9.17, 15) is 0 Å². The number of ether oxygens (including phenoxy) is 1. The molecule has 2 heteroatoms. The van der Waals surface area contributed by atoms with Gasteiger partial charge in [-0.15, -0.1) is 0 Å². The molecule has 0 atom stereocenters. The van der Waals surface area contributed by atoms with Crippen LogP contribution in [0.15, 0.2) is 24.4 Å². The number of hydrogen-bond acceptors (Lipinski definition) is 1. The molecule has 0 aliphatic rings. The highest BCUT2D eigenvalue weighted by Gasteiger charge is 2.12. The molecule has 1 aromatic carbocycles. The summed E-state index contributed by atoms with van der Waals surface area (Å²) in [7, 11) is 1.70. The molecule has 0 amide bonds. The lowest BCUT2D eigenvalue weighted by Crippen LogP contribution is -2.05. The Morgan fingerprint density at radius 2 is 2.00 bits per heavy atom. The van der Waals surface area contributed by atoms with E-state index in [2.05, 4.69) is 44.1 Å². The van der Waals surface area contributed by atoms with Gasteiger partial charge in [0.2, 0.25) is 0 Å². The fourth-order valence-corrected chi connectivity index (χ4v) is 2.01. The molecule has 0 aliphatic heterocycles. The smallest absolute Gasteiger partial charge is 0.120 e. The van der Waals surface area contributed by atoms with E-state index in [0.29, 0.717) is 5.41 Å². The van der Waals surface area contributed by atoms with Crippen molar-refractivity contribution < 1.29 is 4.74 Å². The molecule has 1 heterocycles. The van der Waals surface area contributed by atoms with Gasteiger partial charge in [0.15, 0.2) is 0 Å². The predicted molar refractivity (Wildman–Crippen MR) is 72.6 cm³/mol. The first-order valence-corrected chi connectivity index (χ1v) is 6.13. The van der Waals surface area contributed by atoms with Gasteiger partial charge in [-0.1, -0.05) is 20.8 Å². The van der Waals surface area contributed by atoms with Crippen LogP contribution >= 0.6 is 0 Å². The van der Waals surface area contributed by atoms with Crippen molar-refractivity contribution in [2.45, 2.75) is 33.6 Å².